The van der Waals surface area contributed by atoms with Crippen LogP contribution in [0.5, 0.6) is 11.6 Å². The van der Waals surface area contributed by atoms with Crippen molar-refractivity contribution in [3.63, 3.8) is 0 Å². The Kier molecular flexibility index (Phi) is 11.5. The van der Waals surface area contributed by atoms with Crippen molar-refractivity contribution in [1.82, 2.24) is 30.2 Å². The van der Waals surface area contributed by atoms with Gasteiger partial charge in [0.2, 0.25) is 33.4 Å². The second kappa shape index (κ2) is 15.5. The Bertz CT molecular complexity index is 2110. The molecule has 4 amide bonds. The van der Waals surface area contributed by atoms with E-state index in [0.717, 1.165) is 4.90 Å². The summed E-state index contributed by atoms with van der Waals surface area (Å²) in [5.41, 5.74) is -4.09. The topological polar surface area (TPSA) is 195 Å². The van der Waals surface area contributed by atoms with Gasteiger partial charge < -0.3 is 29.7 Å². The summed E-state index contributed by atoms with van der Waals surface area (Å²) >= 11 is 0. The van der Waals surface area contributed by atoms with Crippen LogP contribution in [-0.2, 0) is 35.3 Å². The molecule has 58 heavy (non-hydrogen) atoms. The van der Waals surface area contributed by atoms with Crippen LogP contribution in [0, 0.1) is 17.8 Å². The predicted octanol–water partition coefficient (Wildman–Crippen LogP) is 4.78. The van der Waals surface area contributed by atoms with Gasteiger partial charge >= 0.3 is 12.3 Å². The fourth-order valence-corrected chi connectivity index (χ4v) is 8.91. The lowest BCUT2D eigenvalue weighted by atomic mass is 9.88. The SMILES string of the molecule is COc1ccc2nc(C(F)(F)F)c(OC3CC4C(=O)NC5(C(=O)NS(=O)(=O)C6(C)CC6)CC5C=CCCC(C)CC(C)C(NC(=O)OC(C)(C)C)C(=O)N4C3)nc2c1. The number of sulfonamides is 1. The second-order valence-electron chi connectivity index (χ2n) is 17.3. The largest absolute Gasteiger partial charge is 0.497 e. The lowest BCUT2D eigenvalue weighted by Crippen LogP contribution is -2.59. The van der Waals surface area contributed by atoms with Gasteiger partial charge in [0.1, 0.15) is 35.1 Å². The molecule has 318 valence electrons. The zero-order valence-electron chi connectivity index (χ0n) is 33.6. The van der Waals surface area contributed by atoms with E-state index < -0.39 is 104 Å². The number of carbonyl (C=O) groups is 4. The Hall–Kier alpha value is -4.68. The lowest BCUT2D eigenvalue weighted by Gasteiger charge is -2.33. The molecule has 2 aliphatic heterocycles. The molecule has 3 fully saturated rings. The Balaban J connectivity index is 1.38. The van der Waals surface area contributed by atoms with Crippen LogP contribution in [-0.4, -0.2) is 94.8 Å². The summed E-state index contributed by atoms with van der Waals surface area (Å²) in [6.45, 7) is 9.82. The molecule has 15 nitrogen and oxygen atoms in total. The van der Waals surface area contributed by atoms with Gasteiger partial charge in [0.05, 0.1) is 29.4 Å². The first kappa shape index (κ1) is 42.9. The van der Waals surface area contributed by atoms with Crippen LogP contribution in [0.1, 0.15) is 92.2 Å². The molecule has 1 aromatic carbocycles. The molecule has 6 rings (SSSR count). The van der Waals surface area contributed by atoms with Gasteiger partial charge in [-0.15, -0.1) is 0 Å². The number of ether oxygens (including phenoxy) is 3. The standard InChI is InChI=1S/C39H51F3N6O9S/c1-21-10-8-9-11-23-19-38(23,34(51)47-58(53,54)37(6)14-15-37)46-31(49)28-18-25(20-48(28)33(50)29(22(2)16-21)45-35(52)57-36(3,4)5)56-32-30(39(40,41)42)43-26-13-12-24(55-7)17-27(26)44-32/h9,11-13,17,21-23,25,28-29H,8,10,14-16,18-20H2,1-7H3,(H,45,52)(H,46,49)(H,47,51). The van der Waals surface area contributed by atoms with Gasteiger partial charge in [0, 0.05) is 18.4 Å². The molecule has 7 atom stereocenters. The number of nitrogens with one attached hydrogen (secondary N) is 3. The van der Waals surface area contributed by atoms with Gasteiger partial charge in [-0.2, -0.15) is 13.2 Å². The normalized spacial score (nSPS) is 28.9. The van der Waals surface area contributed by atoms with Crippen molar-refractivity contribution >= 4 is 44.9 Å². The molecule has 7 unspecified atom stereocenters. The Morgan fingerprint density at radius 1 is 1.05 bits per heavy atom. The number of amides is 4. The van der Waals surface area contributed by atoms with Crippen molar-refractivity contribution in [2.24, 2.45) is 17.8 Å². The third kappa shape index (κ3) is 9.13. The monoisotopic (exact) mass is 836 g/mol. The van der Waals surface area contributed by atoms with Crippen molar-refractivity contribution in [3.05, 3.63) is 36.0 Å². The van der Waals surface area contributed by atoms with Gasteiger partial charge in [-0.25, -0.2) is 23.2 Å². The molecule has 2 aliphatic carbocycles. The predicted molar refractivity (Wildman–Crippen MR) is 204 cm³/mol. The molecule has 0 radical (unpaired) electrons. The van der Waals surface area contributed by atoms with Crippen molar-refractivity contribution in [2.75, 3.05) is 13.7 Å². The van der Waals surface area contributed by atoms with Crippen molar-refractivity contribution in [3.8, 4) is 11.6 Å². The first-order valence-electron chi connectivity index (χ1n) is 19.4. The quantitative estimate of drug-likeness (QED) is 0.325. The summed E-state index contributed by atoms with van der Waals surface area (Å²) in [6.07, 6.45) is -1.38. The maximum absolute atomic E-state index is 14.7. The number of nitrogens with zero attached hydrogens (tertiary/aromatic N) is 3. The number of alkyl halides is 3. The molecule has 1 aromatic heterocycles. The summed E-state index contributed by atoms with van der Waals surface area (Å²) in [5.74, 6) is -4.17. The fraction of sp³-hybridized carbons (Fsp3) is 0.641. The number of methoxy groups -OCH3 is 1. The summed E-state index contributed by atoms with van der Waals surface area (Å²) in [4.78, 5) is 65.3. The minimum atomic E-state index is -5.01. The third-order valence-corrected chi connectivity index (χ3v) is 13.5. The molecular weight excluding hydrogens is 786 g/mol. The number of rotatable bonds is 7. The van der Waals surface area contributed by atoms with Gasteiger partial charge in [-0.1, -0.05) is 26.0 Å². The molecule has 4 aliphatic rings. The van der Waals surface area contributed by atoms with E-state index in [-0.39, 0.29) is 29.8 Å². The molecule has 2 aromatic rings. The number of hydrogen-bond donors (Lipinski definition) is 3. The first-order chi connectivity index (χ1) is 26.9. The Morgan fingerprint density at radius 3 is 2.40 bits per heavy atom. The average Bonchev–Trinajstić information content (AvgIpc) is 4.00. The molecule has 19 heteroatoms. The number of carbonyl (C=O) groups excluding carboxylic acids is 4. The van der Waals surface area contributed by atoms with Crippen LogP contribution in [0.15, 0.2) is 30.4 Å². The highest BCUT2D eigenvalue weighted by Crippen LogP contribution is 2.48. The highest BCUT2D eigenvalue weighted by molar-refractivity contribution is 7.91. The van der Waals surface area contributed by atoms with Crippen LogP contribution in [0.4, 0.5) is 18.0 Å². The highest BCUT2D eigenvalue weighted by Gasteiger charge is 2.63. The Morgan fingerprint density at radius 2 is 1.76 bits per heavy atom. The molecule has 0 spiro atoms. The van der Waals surface area contributed by atoms with E-state index in [2.05, 4.69) is 25.3 Å². The van der Waals surface area contributed by atoms with E-state index in [0.29, 0.717) is 37.9 Å². The van der Waals surface area contributed by atoms with Crippen molar-refractivity contribution in [2.45, 2.75) is 127 Å². The van der Waals surface area contributed by atoms with Gasteiger partial charge in [0.25, 0.3) is 5.91 Å². The van der Waals surface area contributed by atoms with E-state index in [1.807, 2.05) is 13.0 Å². The number of benzene rings is 1. The van der Waals surface area contributed by atoms with Crippen LogP contribution in [0.3, 0.4) is 0 Å². The third-order valence-electron chi connectivity index (χ3n) is 11.3. The maximum Gasteiger partial charge on any atom is 0.438 e. The minimum Gasteiger partial charge on any atom is -0.497 e. The Labute approximate surface area is 335 Å². The molecule has 2 saturated carbocycles. The van der Waals surface area contributed by atoms with E-state index >= 15 is 0 Å². The first-order valence-corrected chi connectivity index (χ1v) is 20.9. The van der Waals surface area contributed by atoms with Crippen molar-refractivity contribution in [1.29, 1.82) is 0 Å². The van der Waals surface area contributed by atoms with Gasteiger partial charge in [0.15, 0.2) is 0 Å². The summed E-state index contributed by atoms with van der Waals surface area (Å²) in [6, 6.07) is 1.45. The molecule has 3 heterocycles. The minimum absolute atomic E-state index is 0.0318. The van der Waals surface area contributed by atoms with E-state index in [1.165, 1.54) is 32.2 Å². The van der Waals surface area contributed by atoms with Gasteiger partial charge in [-0.3, -0.25) is 19.1 Å². The summed E-state index contributed by atoms with van der Waals surface area (Å²) < 4.78 is 87.3. The number of alkyl carbamates (subject to hydrolysis) is 1. The van der Waals surface area contributed by atoms with Crippen LogP contribution in [0.2, 0.25) is 0 Å². The smallest absolute Gasteiger partial charge is 0.438 e. The number of allylic oxidation sites excluding steroid dienone is 1. The van der Waals surface area contributed by atoms with Crippen LogP contribution < -0.4 is 24.8 Å². The lowest BCUT2D eigenvalue weighted by molar-refractivity contribution is -0.143. The van der Waals surface area contributed by atoms with E-state index in [4.69, 9.17) is 14.2 Å². The average molecular weight is 837 g/mol. The number of aromatic nitrogens is 2. The summed E-state index contributed by atoms with van der Waals surface area (Å²) in [5, 5.41) is 5.41. The van der Waals surface area contributed by atoms with Crippen molar-refractivity contribution < 1.29 is 55.0 Å². The highest BCUT2D eigenvalue weighted by atomic mass is 32.2. The second-order valence-corrected chi connectivity index (χ2v) is 19.5. The van der Waals surface area contributed by atoms with Crippen LogP contribution >= 0.6 is 0 Å². The molecular formula is C39H51F3N6O9S. The summed E-state index contributed by atoms with van der Waals surface area (Å²) in [7, 11) is -2.73. The van der Waals surface area contributed by atoms with E-state index in [9.17, 15) is 40.8 Å². The molecule has 3 N–H and O–H groups in total. The zero-order chi connectivity index (χ0) is 42.6. The fourth-order valence-electron chi connectivity index (χ4n) is 7.60. The van der Waals surface area contributed by atoms with E-state index in [1.54, 1.807) is 33.8 Å². The number of halogens is 3. The maximum atomic E-state index is 14.7. The van der Waals surface area contributed by atoms with Gasteiger partial charge in [-0.05, 0) is 90.2 Å². The molecule has 1 saturated heterocycles. The van der Waals surface area contributed by atoms with Crippen LogP contribution in [0.25, 0.3) is 11.0 Å². The molecule has 0 bridgehead atoms. The number of fused-ring (bicyclic) bond motifs is 3. The zero-order valence-corrected chi connectivity index (χ0v) is 34.4. The number of hydrogen-bond acceptors (Lipinski definition) is 11.